The number of hydrogen-bond acceptors (Lipinski definition) is 4. The number of aromatic nitrogens is 1. The molecule has 1 aromatic heterocycles. The maximum atomic E-state index is 6.46. The third-order valence-corrected chi connectivity index (χ3v) is 5.54. The van der Waals surface area contributed by atoms with Crippen molar-refractivity contribution in [2.45, 2.75) is 26.3 Å². The minimum absolute atomic E-state index is 0.110. The molecule has 0 aliphatic carbocycles. The molecule has 0 spiro atoms. The van der Waals surface area contributed by atoms with Crippen LogP contribution in [-0.2, 0) is 0 Å². The fourth-order valence-corrected chi connectivity index (χ4v) is 4.48. The summed E-state index contributed by atoms with van der Waals surface area (Å²) in [6.45, 7) is 6.52. The summed E-state index contributed by atoms with van der Waals surface area (Å²) in [5.41, 5.74) is 7.37. The van der Waals surface area contributed by atoms with Crippen LogP contribution in [0.4, 0.5) is 5.69 Å². The van der Waals surface area contributed by atoms with E-state index in [2.05, 4.69) is 49.3 Å². The van der Waals surface area contributed by atoms with E-state index < -0.39 is 0 Å². The number of pyridine rings is 1. The number of benzene rings is 2. The molecular weight excluding hydrogens is 372 g/mol. The average Bonchev–Trinajstić information content (AvgIpc) is 2.72. The average molecular weight is 396 g/mol. The summed E-state index contributed by atoms with van der Waals surface area (Å²) in [6.07, 6.45) is 6.07. The van der Waals surface area contributed by atoms with Gasteiger partial charge >= 0.3 is 0 Å². The molecule has 0 fully saturated rings. The van der Waals surface area contributed by atoms with Gasteiger partial charge in [-0.1, -0.05) is 24.3 Å². The number of methoxy groups -OCH3 is 1. The second-order valence-electron chi connectivity index (χ2n) is 8.28. The van der Waals surface area contributed by atoms with Crippen LogP contribution in [0, 0.1) is 0 Å². The van der Waals surface area contributed by atoms with Crippen molar-refractivity contribution in [3.8, 4) is 22.6 Å². The zero-order valence-electron chi connectivity index (χ0n) is 17.6. The van der Waals surface area contributed by atoms with Crippen LogP contribution in [0.3, 0.4) is 0 Å². The van der Waals surface area contributed by atoms with Gasteiger partial charge in [-0.25, -0.2) is 0 Å². The topological polar surface area (TPSA) is 43.4 Å². The van der Waals surface area contributed by atoms with Gasteiger partial charge in [-0.3, -0.25) is 4.98 Å². The van der Waals surface area contributed by atoms with Crippen molar-refractivity contribution in [1.29, 1.82) is 0 Å². The van der Waals surface area contributed by atoms with Crippen molar-refractivity contribution < 1.29 is 9.47 Å². The summed E-state index contributed by atoms with van der Waals surface area (Å²) in [7, 11) is 1.70. The predicted octanol–water partition coefficient (Wildman–Crippen LogP) is 6.26. The number of rotatable bonds is 2. The van der Waals surface area contributed by atoms with Gasteiger partial charge in [0.2, 0.25) is 0 Å². The Hall–Kier alpha value is -3.53. The Labute approximate surface area is 176 Å². The van der Waals surface area contributed by atoms with E-state index in [1.807, 2.05) is 42.5 Å². The number of hydrogen-bond donors (Lipinski definition) is 1. The number of allylic oxidation sites excluding steroid dienone is 1. The minimum Gasteiger partial charge on any atom is -0.496 e. The molecule has 0 saturated heterocycles. The van der Waals surface area contributed by atoms with E-state index in [1.165, 1.54) is 5.57 Å². The van der Waals surface area contributed by atoms with Crippen molar-refractivity contribution in [2.24, 2.45) is 0 Å². The van der Waals surface area contributed by atoms with Crippen LogP contribution in [0.15, 0.2) is 60.8 Å². The summed E-state index contributed by atoms with van der Waals surface area (Å²) < 4.78 is 12.1. The fraction of sp³-hybridized carbons (Fsp3) is 0.192. The Morgan fingerprint density at radius 1 is 1.00 bits per heavy atom. The number of nitrogens with one attached hydrogen (secondary N) is 1. The lowest BCUT2D eigenvalue weighted by molar-refractivity contribution is 0.412. The molecule has 0 radical (unpaired) electrons. The Balaban J connectivity index is 1.83. The molecule has 3 aromatic rings. The standard InChI is InChI=1S/C26H24N2O2/c1-16-15-26(2,3)28-19-12-11-18-24-20(29-4)9-7-10-21(24)30-22(25(18)23(16)19)14-17-8-5-6-13-27-17/h5-15,28H,1-4H3/b22-14+. The van der Waals surface area contributed by atoms with Crippen molar-refractivity contribution >= 4 is 23.1 Å². The molecular formula is C26H24N2O2. The molecule has 2 aromatic carbocycles. The van der Waals surface area contributed by atoms with E-state index in [-0.39, 0.29) is 5.54 Å². The second kappa shape index (κ2) is 6.77. The summed E-state index contributed by atoms with van der Waals surface area (Å²) in [5, 5.41) is 3.65. The molecule has 5 rings (SSSR count). The van der Waals surface area contributed by atoms with Gasteiger partial charge in [0.1, 0.15) is 17.3 Å². The maximum Gasteiger partial charge on any atom is 0.139 e. The summed E-state index contributed by atoms with van der Waals surface area (Å²) in [6, 6.07) is 16.1. The van der Waals surface area contributed by atoms with Gasteiger partial charge in [0.25, 0.3) is 0 Å². The fourth-order valence-electron chi connectivity index (χ4n) is 4.48. The molecule has 2 aliphatic heterocycles. The molecule has 2 aliphatic rings. The Bertz CT molecular complexity index is 1210. The van der Waals surface area contributed by atoms with Crippen LogP contribution in [-0.4, -0.2) is 17.6 Å². The molecule has 4 nitrogen and oxygen atoms in total. The summed E-state index contributed by atoms with van der Waals surface area (Å²) >= 11 is 0. The van der Waals surface area contributed by atoms with Crippen molar-refractivity contribution in [3.05, 3.63) is 77.6 Å². The third kappa shape index (κ3) is 2.96. The van der Waals surface area contributed by atoms with Gasteiger partial charge < -0.3 is 14.8 Å². The second-order valence-corrected chi connectivity index (χ2v) is 8.28. The zero-order chi connectivity index (χ0) is 20.9. The number of fused-ring (bicyclic) bond motifs is 5. The van der Waals surface area contributed by atoms with Crippen molar-refractivity contribution in [2.75, 3.05) is 12.4 Å². The van der Waals surface area contributed by atoms with Crippen molar-refractivity contribution in [1.82, 2.24) is 4.98 Å². The molecule has 150 valence electrons. The van der Waals surface area contributed by atoms with Crippen LogP contribution in [0.2, 0.25) is 0 Å². The summed E-state index contributed by atoms with van der Waals surface area (Å²) in [5.74, 6) is 2.38. The first-order valence-corrected chi connectivity index (χ1v) is 10.1. The highest BCUT2D eigenvalue weighted by molar-refractivity contribution is 6.01. The lowest BCUT2D eigenvalue weighted by atomic mass is 9.83. The van der Waals surface area contributed by atoms with Crippen LogP contribution >= 0.6 is 0 Å². The number of nitrogens with zero attached hydrogens (tertiary/aromatic N) is 1. The van der Waals surface area contributed by atoms with Crippen LogP contribution < -0.4 is 14.8 Å². The zero-order valence-corrected chi connectivity index (χ0v) is 17.6. The number of anilines is 1. The van der Waals surface area contributed by atoms with Crippen LogP contribution in [0.1, 0.15) is 37.6 Å². The van der Waals surface area contributed by atoms with Gasteiger partial charge in [0, 0.05) is 34.7 Å². The molecule has 0 saturated carbocycles. The van der Waals surface area contributed by atoms with Gasteiger partial charge in [-0.15, -0.1) is 0 Å². The smallest absolute Gasteiger partial charge is 0.139 e. The van der Waals surface area contributed by atoms with E-state index in [9.17, 15) is 0 Å². The first-order chi connectivity index (χ1) is 14.5. The normalized spacial score (nSPS) is 17.1. The molecule has 0 amide bonds. The molecule has 4 heteroatoms. The number of ether oxygens (including phenoxy) is 2. The minimum atomic E-state index is -0.110. The van der Waals surface area contributed by atoms with E-state index in [0.717, 1.165) is 50.9 Å². The van der Waals surface area contributed by atoms with E-state index in [1.54, 1.807) is 13.3 Å². The van der Waals surface area contributed by atoms with Crippen LogP contribution in [0.25, 0.3) is 28.5 Å². The summed E-state index contributed by atoms with van der Waals surface area (Å²) in [4.78, 5) is 4.48. The molecule has 0 atom stereocenters. The molecule has 0 bridgehead atoms. The van der Waals surface area contributed by atoms with Gasteiger partial charge in [0.05, 0.1) is 23.9 Å². The largest absolute Gasteiger partial charge is 0.496 e. The van der Waals surface area contributed by atoms with Gasteiger partial charge in [-0.05, 0) is 56.7 Å². The molecule has 1 N–H and O–H groups in total. The lowest BCUT2D eigenvalue weighted by Gasteiger charge is -2.35. The monoisotopic (exact) mass is 396 g/mol. The third-order valence-electron chi connectivity index (χ3n) is 5.54. The quantitative estimate of drug-likeness (QED) is 0.556. The molecule has 3 heterocycles. The highest BCUT2D eigenvalue weighted by Crippen LogP contribution is 2.51. The highest BCUT2D eigenvalue weighted by Gasteiger charge is 2.32. The van der Waals surface area contributed by atoms with Crippen molar-refractivity contribution in [3.63, 3.8) is 0 Å². The van der Waals surface area contributed by atoms with Gasteiger partial charge in [-0.2, -0.15) is 0 Å². The molecule has 0 unspecified atom stereocenters. The SMILES string of the molecule is COc1cccc2c1-c1ccc3c(c1/C(=C\c1ccccn1)O2)C(C)=CC(C)(C)N3. The van der Waals surface area contributed by atoms with E-state index in [0.29, 0.717) is 0 Å². The van der Waals surface area contributed by atoms with E-state index >= 15 is 0 Å². The molecule has 30 heavy (non-hydrogen) atoms. The van der Waals surface area contributed by atoms with E-state index in [4.69, 9.17) is 9.47 Å². The van der Waals surface area contributed by atoms with Gasteiger partial charge in [0.15, 0.2) is 0 Å². The Morgan fingerprint density at radius 2 is 1.87 bits per heavy atom. The maximum absolute atomic E-state index is 6.46. The predicted molar refractivity (Wildman–Crippen MR) is 123 cm³/mol. The Kier molecular flexibility index (Phi) is 4.17. The highest BCUT2D eigenvalue weighted by atomic mass is 16.5. The lowest BCUT2D eigenvalue weighted by Crippen LogP contribution is -2.32. The first-order valence-electron chi connectivity index (χ1n) is 10.1. The Morgan fingerprint density at radius 3 is 2.63 bits per heavy atom. The van der Waals surface area contributed by atoms with Crippen LogP contribution in [0.5, 0.6) is 11.5 Å². The first kappa shape index (κ1) is 18.5.